The quantitative estimate of drug-likeness (QED) is 0.250. The number of rotatable bonds is 9. The average molecular weight is 538 g/mol. The first kappa shape index (κ1) is 27.1. The number of anilines is 1. The molecule has 0 unspecified atom stereocenters. The summed E-state index contributed by atoms with van der Waals surface area (Å²) in [6, 6.07) is 15.3. The van der Waals surface area contributed by atoms with Crippen molar-refractivity contribution in [2.24, 2.45) is 13.0 Å². The normalized spacial score (nSPS) is 14.4. The van der Waals surface area contributed by atoms with Crippen molar-refractivity contribution in [3.63, 3.8) is 0 Å². The number of thioether (sulfide) groups is 1. The van der Waals surface area contributed by atoms with Gasteiger partial charge in [0, 0.05) is 56.6 Å². The number of nitrogens with one attached hydrogen (secondary N) is 1. The van der Waals surface area contributed by atoms with E-state index in [4.69, 9.17) is 0 Å². The number of non-ortho nitro benzene ring substituents is 1. The van der Waals surface area contributed by atoms with Crippen molar-refractivity contribution in [1.82, 2.24) is 25.0 Å². The molecule has 1 N–H and O–H groups in total. The number of benzene rings is 2. The molecule has 1 aliphatic rings. The van der Waals surface area contributed by atoms with Crippen LogP contribution in [0.5, 0.6) is 0 Å². The highest BCUT2D eigenvalue weighted by Crippen LogP contribution is 2.25. The van der Waals surface area contributed by atoms with Crippen molar-refractivity contribution >= 4 is 35.0 Å². The molecule has 2 aromatic carbocycles. The van der Waals surface area contributed by atoms with E-state index in [0.717, 1.165) is 18.8 Å². The van der Waals surface area contributed by atoms with Gasteiger partial charge in [0.25, 0.3) is 11.6 Å². The topological polar surface area (TPSA) is 126 Å². The van der Waals surface area contributed by atoms with Crippen LogP contribution in [0.15, 0.2) is 59.8 Å². The van der Waals surface area contributed by atoms with Gasteiger partial charge >= 0.3 is 0 Å². The third-order valence-corrected chi connectivity index (χ3v) is 7.50. The van der Waals surface area contributed by atoms with Crippen molar-refractivity contribution in [3.8, 4) is 0 Å². The Morgan fingerprint density at radius 2 is 1.76 bits per heavy atom. The molecule has 4 rings (SSSR count). The molecule has 38 heavy (non-hydrogen) atoms. The van der Waals surface area contributed by atoms with Gasteiger partial charge in [-0.3, -0.25) is 19.7 Å². The molecule has 3 aromatic rings. The highest BCUT2D eigenvalue weighted by atomic mass is 32.2. The number of nitro benzene ring substituents is 1. The van der Waals surface area contributed by atoms with E-state index in [0.29, 0.717) is 24.1 Å². The number of piperazine rings is 1. The second-order valence-electron chi connectivity index (χ2n) is 9.39. The lowest BCUT2D eigenvalue weighted by molar-refractivity contribution is -0.384. The average Bonchev–Trinajstić information content (AvgIpc) is 3.30. The van der Waals surface area contributed by atoms with Crippen LogP contribution in [0.25, 0.3) is 0 Å². The number of carbonyl (C=O) groups excluding carboxylic acids is 2. The number of carbonyl (C=O) groups is 2. The zero-order chi connectivity index (χ0) is 27.2. The number of hydrogen-bond donors (Lipinski definition) is 1. The third kappa shape index (κ3) is 6.31. The monoisotopic (exact) mass is 537 g/mol. The molecule has 200 valence electrons. The Hall–Kier alpha value is -3.93. The van der Waals surface area contributed by atoms with Gasteiger partial charge in [-0.15, -0.1) is 10.2 Å². The summed E-state index contributed by atoms with van der Waals surface area (Å²) in [6.07, 6.45) is 0. The van der Waals surface area contributed by atoms with E-state index in [9.17, 15) is 19.7 Å². The highest BCUT2D eigenvalue weighted by Gasteiger charge is 2.27. The molecule has 11 nitrogen and oxygen atoms in total. The summed E-state index contributed by atoms with van der Waals surface area (Å²) >= 11 is 1.31. The fourth-order valence-corrected chi connectivity index (χ4v) is 5.13. The van der Waals surface area contributed by atoms with Gasteiger partial charge in [0.15, 0.2) is 11.0 Å². The van der Waals surface area contributed by atoms with Crippen LogP contribution in [-0.2, 0) is 11.8 Å². The lowest BCUT2D eigenvalue weighted by Crippen LogP contribution is -2.49. The number of para-hydroxylation sites is 1. The SMILES string of the molecule is CC(C)[C@H](NC(=O)c1cccc([N+](=O)[O-])c1)c1nnc(SCC(=O)N2CCN(c3ccccc3)CC2)n1C. The Kier molecular flexibility index (Phi) is 8.62. The molecule has 0 aliphatic carbocycles. The van der Waals surface area contributed by atoms with Crippen LogP contribution in [0, 0.1) is 16.0 Å². The van der Waals surface area contributed by atoms with E-state index in [-0.39, 0.29) is 28.8 Å². The first-order chi connectivity index (χ1) is 18.2. The fourth-order valence-electron chi connectivity index (χ4n) is 4.31. The van der Waals surface area contributed by atoms with Crippen LogP contribution >= 0.6 is 11.8 Å². The molecule has 2 heterocycles. The maximum absolute atomic E-state index is 12.9. The number of nitro groups is 1. The first-order valence-corrected chi connectivity index (χ1v) is 13.4. The van der Waals surface area contributed by atoms with E-state index in [2.05, 4.69) is 32.5 Å². The van der Waals surface area contributed by atoms with E-state index < -0.39 is 16.9 Å². The number of aromatic nitrogens is 3. The molecule has 0 bridgehead atoms. The van der Waals surface area contributed by atoms with Gasteiger partial charge in [0.1, 0.15) is 0 Å². The third-order valence-electron chi connectivity index (χ3n) is 6.50. The number of hydrogen-bond acceptors (Lipinski definition) is 8. The largest absolute Gasteiger partial charge is 0.368 e. The smallest absolute Gasteiger partial charge is 0.270 e. The molecule has 2 amide bonds. The Morgan fingerprint density at radius 1 is 1.05 bits per heavy atom. The second kappa shape index (κ2) is 12.1. The van der Waals surface area contributed by atoms with Crippen LogP contribution in [-0.4, -0.2) is 68.3 Å². The Bertz CT molecular complexity index is 1290. The summed E-state index contributed by atoms with van der Waals surface area (Å²) in [5.41, 5.74) is 1.21. The zero-order valence-corrected chi connectivity index (χ0v) is 22.4. The van der Waals surface area contributed by atoms with Crippen molar-refractivity contribution < 1.29 is 14.5 Å². The van der Waals surface area contributed by atoms with Crippen molar-refractivity contribution in [2.75, 3.05) is 36.8 Å². The number of nitrogens with zero attached hydrogens (tertiary/aromatic N) is 6. The summed E-state index contributed by atoms with van der Waals surface area (Å²) in [5, 5.41) is 23.1. The van der Waals surface area contributed by atoms with Crippen LogP contribution in [0.1, 0.15) is 36.1 Å². The summed E-state index contributed by atoms with van der Waals surface area (Å²) in [4.78, 5) is 40.5. The Morgan fingerprint density at radius 3 is 2.42 bits per heavy atom. The van der Waals surface area contributed by atoms with Gasteiger partial charge in [-0.2, -0.15) is 0 Å². The Balaban J connectivity index is 1.35. The lowest BCUT2D eigenvalue weighted by atomic mass is 10.0. The Labute approximate surface area is 225 Å². The van der Waals surface area contributed by atoms with Crippen molar-refractivity contribution in [2.45, 2.75) is 25.0 Å². The maximum atomic E-state index is 12.9. The molecule has 12 heteroatoms. The molecular formula is C26H31N7O4S. The molecule has 1 atom stereocenters. The van der Waals surface area contributed by atoms with E-state index in [1.54, 1.807) is 11.6 Å². The summed E-state index contributed by atoms with van der Waals surface area (Å²) in [7, 11) is 1.80. The van der Waals surface area contributed by atoms with Crippen LogP contribution in [0.2, 0.25) is 0 Å². The van der Waals surface area contributed by atoms with Gasteiger partial charge in [0.05, 0.1) is 16.7 Å². The second-order valence-corrected chi connectivity index (χ2v) is 10.3. The van der Waals surface area contributed by atoms with Crippen LogP contribution in [0.4, 0.5) is 11.4 Å². The molecule has 0 saturated carbocycles. The summed E-state index contributed by atoms with van der Waals surface area (Å²) in [6.45, 7) is 6.79. The minimum Gasteiger partial charge on any atom is -0.368 e. The van der Waals surface area contributed by atoms with E-state index in [1.807, 2.05) is 36.9 Å². The molecule has 0 spiro atoms. The molecule has 0 radical (unpaired) electrons. The summed E-state index contributed by atoms with van der Waals surface area (Å²) in [5.74, 6) is 0.371. The minimum absolute atomic E-state index is 0.0269. The van der Waals surface area contributed by atoms with Gasteiger partial charge in [-0.1, -0.05) is 49.9 Å². The van der Waals surface area contributed by atoms with Gasteiger partial charge < -0.3 is 19.7 Å². The lowest BCUT2D eigenvalue weighted by Gasteiger charge is -2.36. The summed E-state index contributed by atoms with van der Waals surface area (Å²) < 4.78 is 1.78. The van der Waals surface area contributed by atoms with Crippen molar-refractivity contribution in [3.05, 3.63) is 76.1 Å². The fraction of sp³-hybridized carbons (Fsp3) is 0.385. The standard InChI is InChI=1S/C26H31N7O4S/c1-18(2)23(27-25(35)19-8-7-11-21(16-19)33(36)37)24-28-29-26(30(24)3)38-17-22(34)32-14-12-31(13-15-32)20-9-5-4-6-10-20/h4-11,16,18,23H,12-15,17H2,1-3H3,(H,27,35)/t23-/m0/s1. The van der Waals surface area contributed by atoms with Crippen LogP contribution < -0.4 is 10.2 Å². The zero-order valence-electron chi connectivity index (χ0n) is 21.6. The number of amides is 2. The molecule has 1 fully saturated rings. The predicted molar refractivity (Wildman–Crippen MR) is 145 cm³/mol. The van der Waals surface area contributed by atoms with Gasteiger partial charge in [0.2, 0.25) is 5.91 Å². The predicted octanol–water partition coefficient (Wildman–Crippen LogP) is 3.29. The van der Waals surface area contributed by atoms with Gasteiger partial charge in [-0.25, -0.2) is 0 Å². The van der Waals surface area contributed by atoms with E-state index in [1.165, 1.54) is 36.0 Å². The van der Waals surface area contributed by atoms with Gasteiger partial charge in [-0.05, 0) is 24.1 Å². The highest BCUT2D eigenvalue weighted by molar-refractivity contribution is 7.99. The maximum Gasteiger partial charge on any atom is 0.270 e. The molecule has 1 saturated heterocycles. The van der Waals surface area contributed by atoms with Crippen molar-refractivity contribution in [1.29, 1.82) is 0 Å². The first-order valence-electron chi connectivity index (χ1n) is 12.4. The van der Waals surface area contributed by atoms with Crippen LogP contribution in [0.3, 0.4) is 0 Å². The minimum atomic E-state index is -0.534. The molecule has 1 aromatic heterocycles. The van der Waals surface area contributed by atoms with E-state index >= 15 is 0 Å². The molecule has 1 aliphatic heterocycles. The molecular weight excluding hydrogens is 506 g/mol.